The largest absolute Gasteiger partial charge is 0.294 e. The first-order valence-electron chi connectivity index (χ1n) is 13.3. The maximum Gasteiger partial charge on any atom is 0.0143 e. The van der Waals surface area contributed by atoms with Gasteiger partial charge in [-0.15, -0.1) is 0 Å². The zero-order valence-electron chi connectivity index (χ0n) is 21.4. The third-order valence-electron chi connectivity index (χ3n) is 7.72. The van der Waals surface area contributed by atoms with Crippen LogP contribution >= 0.6 is 15.8 Å². The molecular formula is C35H33P2Rh-. The van der Waals surface area contributed by atoms with Gasteiger partial charge in [-0.3, -0.25) is 6.16 Å². The van der Waals surface area contributed by atoms with Crippen molar-refractivity contribution >= 4 is 37.1 Å². The molecule has 3 heteroatoms. The van der Waals surface area contributed by atoms with E-state index in [1.165, 1.54) is 34.1 Å². The maximum absolute atomic E-state index is 2.64. The Morgan fingerprint density at radius 3 is 1.45 bits per heavy atom. The van der Waals surface area contributed by atoms with E-state index in [0.29, 0.717) is 11.6 Å². The predicted octanol–water partition coefficient (Wildman–Crippen LogP) is 7.69. The predicted molar refractivity (Wildman–Crippen MR) is 164 cm³/mol. The van der Waals surface area contributed by atoms with Gasteiger partial charge in [-0.1, -0.05) is 163 Å². The Balaban J connectivity index is 0.00000294. The summed E-state index contributed by atoms with van der Waals surface area (Å²) in [5, 5.41) is 5.86. The number of hydrogen-bond donors (Lipinski definition) is 0. The van der Waals surface area contributed by atoms with E-state index in [9.17, 15) is 0 Å². The number of fused-ring (bicyclic) bond motifs is 2. The van der Waals surface area contributed by atoms with Gasteiger partial charge in [-0.2, -0.15) is 6.42 Å². The van der Waals surface area contributed by atoms with Crippen molar-refractivity contribution in [3.8, 4) is 0 Å². The maximum atomic E-state index is 2.64. The molecule has 1 unspecified atom stereocenters. The zero-order chi connectivity index (χ0) is 24.9. The number of allylic oxidation sites excluding steroid dienone is 4. The van der Waals surface area contributed by atoms with E-state index in [4.69, 9.17) is 0 Å². The molecule has 2 aliphatic carbocycles. The van der Waals surface area contributed by atoms with Gasteiger partial charge in [0.2, 0.25) is 0 Å². The van der Waals surface area contributed by atoms with E-state index < -0.39 is 15.8 Å². The van der Waals surface area contributed by atoms with Gasteiger partial charge >= 0.3 is 0 Å². The summed E-state index contributed by atoms with van der Waals surface area (Å²) >= 11 is 0. The minimum Gasteiger partial charge on any atom is -0.294 e. The first-order chi connectivity index (χ1) is 18.3. The van der Waals surface area contributed by atoms with Gasteiger partial charge in [0.05, 0.1) is 0 Å². The summed E-state index contributed by atoms with van der Waals surface area (Å²) in [7, 11) is -0.994. The molecule has 0 aromatic heterocycles. The minimum atomic E-state index is -0.508. The van der Waals surface area contributed by atoms with E-state index in [1.54, 1.807) is 0 Å². The van der Waals surface area contributed by atoms with E-state index in [1.807, 2.05) is 0 Å². The van der Waals surface area contributed by atoms with Gasteiger partial charge in [0.1, 0.15) is 0 Å². The average Bonchev–Trinajstić information content (AvgIpc) is 3.59. The second-order valence-corrected chi connectivity index (χ2v) is 14.6. The molecule has 6 rings (SSSR count). The first-order valence-corrected chi connectivity index (χ1v) is 16.2. The first kappa shape index (κ1) is 27.4. The molecule has 0 amide bonds. The van der Waals surface area contributed by atoms with Crippen molar-refractivity contribution in [2.45, 2.75) is 24.9 Å². The smallest absolute Gasteiger partial charge is 0.0143 e. The molecule has 193 valence electrons. The van der Waals surface area contributed by atoms with Crippen LogP contribution in [0.25, 0.3) is 0 Å². The van der Waals surface area contributed by atoms with E-state index in [2.05, 4.69) is 152 Å². The van der Waals surface area contributed by atoms with Crippen LogP contribution in [0.4, 0.5) is 0 Å². The molecule has 0 aliphatic heterocycles. The van der Waals surface area contributed by atoms with Crippen molar-refractivity contribution in [2.75, 3.05) is 0 Å². The number of benzene rings is 4. The molecule has 1 atom stereocenters. The molecule has 1 radical (unpaired) electrons. The molecule has 2 bridgehead atoms. The van der Waals surface area contributed by atoms with Crippen LogP contribution in [0.5, 0.6) is 0 Å². The Morgan fingerprint density at radius 1 is 0.632 bits per heavy atom. The summed E-state index contributed by atoms with van der Waals surface area (Å²) in [6.07, 6.45) is 16.2. The van der Waals surface area contributed by atoms with Crippen molar-refractivity contribution < 1.29 is 19.5 Å². The fourth-order valence-electron chi connectivity index (χ4n) is 5.99. The topological polar surface area (TPSA) is 0 Å². The fourth-order valence-corrected chi connectivity index (χ4v) is 11.3. The van der Waals surface area contributed by atoms with Gasteiger partial charge in [-0.05, 0) is 36.5 Å². The third-order valence-corrected chi connectivity index (χ3v) is 13.1. The second kappa shape index (κ2) is 12.8. The van der Waals surface area contributed by atoms with Crippen LogP contribution in [-0.4, -0.2) is 5.66 Å². The molecule has 4 aromatic carbocycles. The number of rotatable bonds is 10. The molecule has 0 heterocycles. The van der Waals surface area contributed by atoms with Crippen LogP contribution in [0.1, 0.15) is 19.3 Å². The van der Waals surface area contributed by atoms with Crippen LogP contribution in [0, 0.1) is 17.5 Å². The summed E-state index contributed by atoms with van der Waals surface area (Å²) < 4.78 is 0. The molecule has 2 aliphatic rings. The Morgan fingerprint density at radius 2 is 1.05 bits per heavy atom. The zero-order valence-corrected chi connectivity index (χ0v) is 24.9. The van der Waals surface area contributed by atoms with Crippen molar-refractivity contribution in [2.24, 2.45) is 11.3 Å². The molecule has 0 saturated heterocycles. The van der Waals surface area contributed by atoms with Crippen molar-refractivity contribution in [1.82, 2.24) is 0 Å². The third kappa shape index (κ3) is 5.87. The normalized spacial score (nSPS) is 20.1. The summed E-state index contributed by atoms with van der Waals surface area (Å²) in [6, 6.07) is 44.8. The summed E-state index contributed by atoms with van der Waals surface area (Å²) in [5.74, 6) is 0.612. The van der Waals surface area contributed by atoms with Crippen LogP contribution in [0.15, 0.2) is 146 Å². The average molecular weight is 619 g/mol. The van der Waals surface area contributed by atoms with Gasteiger partial charge in [0, 0.05) is 24.9 Å². The molecule has 0 saturated carbocycles. The quantitative estimate of drug-likeness (QED) is 0.0740. The fraction of sp³-hybridized carbons (Fsp3) is 0.171. The summed E-state index contributed by atoms with van der Waals surface area (Å²) in [4.78, 5) is 0. The summed E-state index contributed by atoms with van der Waals surface area (Å²) in [6.45, 7) is 0. The summed E-state index contributed by atoms with van der Waals surface area (Å²) in [5.41, 5.74) is 0.727. The van der Waals surface area contributed by atoms with Gasteiger partial charge < -0.3 is 0 Å². The molecule has 0 nitrogen and oxygen atoms in total. The van der Waals surface area contributed by atoms with Crippen LogP contribution in [0.2, 0.25) is 0 Å². The van der Waals surface area contributed by atoms with Crippen molar-refractivity contribution in [3.05, 3.63) is 152 Å². The Bertz CT molecular complexity index is 1240. The van der Waals surface area contributed by atoms with E-state index in [0.717, 1.165) is 6.42 Å². The van der Waals surface area contributed by atoms with E-state index in [-0.39, 0.29) is 24.9 Å². The molecule has 38 heavy (non-hydrogen) atoms. The SMILES string of the molecule is C1=CC2(C(CC[CH-]P(c3ccccc3)c3ccccc3)P(c3ccccc3)c3ccccc3)C=CC1C2.[Rh]. The van der Waals surface area contributed by atoms with Crippen molar-refractivity contribution in [1.29, 1.82) is 0 Å². The van der Waals surface area contributed by atoms with Crippen LogP contribution < -0.4 is 21.2 Å². The van der Waals surface area contributed by atoms with Gasteiger partial charge in [-0.25, -0.2) is 7.92 Å². The standard InChI is InChI=1S/C35H33P2.Rh/c1-5-14-30(15-6-1)36(31-16-7-2-8-17-31)27-13-22-34(35-25-23-29(28-35)24-26-35)37(32-18-9-3-10-19-32)33-20-11-4-12-21-33;/h1-12,14-21,23-27,29,34H,13,22,28H2;/q-1;. The molecule has 4 aromatic rings. The Kier molecular flexibility index (Phi) is 9.23. The molecular weight excluding hydrogens is 585 g/mol. The molecule has 0 spiro atoms. The molecule has 0 N–H and O–H groups in total. The van der Waals surface area contributed by atoms with Gasteiger partial charge in [0.25, 0.3) is 0 Å². The van der Waals surface area contributed by atoms with E-state index >= 15 is 0 Å². The van der Waals surface area contributed by atoms with Crippen LogP contribution in [0.3, 0.4) is 0 Å². The van der Waals surface area contributed by atoms with Gasteiger partial charge in [0.15, 0.2) is 0 Å². The minimum absolute atomic E-state index is 0. The number of hydrogen-bond acceptors (Lipinski definition) is 0. The second-order valence-electron chi connectivity index (χ2n) is 10.1. The Hall–Kier alpha value is -2.16. The van der Waals surface area contributed by atoms with Crippen LogP contribution in [-0.2, 0) is 19.5 Å². The monoisotopic (exact) mass is 618 g/mol. The Labute approximate surface area is 243 Å². The molecule has 0 fully saturated rings. The van der Waals surface area contributed by atoms with Crippen molar-refractivity contribution in [3.63, 3.8) is 0 Å².